The van der Waals surface area contributed by atoms with Gasteiger partial charge in [-0.1, -0.05) is 38.1 Å². The third-order valence-electron chi connectivity index (χ3n) is 9.66. The van der Waals surface area contributed by atoms with Crippen LogP contribution in [0.4, 0.5) is 11.4 Å². The van der Waals surface area contributed by atoms with E-state index < -0.39 is 23.9 Å². The molecule has 62 heavy (non-hydrogen) atoms. The molecule has 3 N–H and O–H groups in total. The Labute approximate surface area is 365 Å². The number of para-hydroxylation sites is 1. The summed E-state index contributed by atoms with van der Waals surface area (Å²) < 4.78 is 43.5. The number of anilines is 1. The van der Waals surface area contributed by atoms with Crippen molar-refractivity contribution in [2.45, 2.75) is 58.7 Å². The maximum atomic E-state index is 13.2. The van der Waals surface area contributed by atoms with E-state index in [0.717, 1.165) is 11.1 Å². The molecule has 4 amide bonds. The third kappa shape index (κ3) is 18.0. The summed E-state index contributed by atoms with van der Waals surface area (Å²) in [6, 6.07) is 12.7. The van der Waals surface area contributed by atoms with Gasteiger partial charge in [0.05, 0.1) is 116 Å². The summed E-state index contributed by atoms with van der Waals surface area (Å²) in [5.41, 5.74) is 3.68. The second kappa shape index (κ2) is 28.9. The largest absolute Gasteiger partial charge is 0.379 e. The molecule has 2 heterocycles. The van der Waals surface area contributed by atoms with Crippen molar-refractivity contribution in [3.05, 3.63) is 65.9 Å². The van der Waals surface area contributed by atoms with Gasteiger partial charge >= 0.3 is 0 Å². The molecule has 0 aromatic heterocycles. The minimum atomic E-state index is -0.872. The summed E-state index contributed by atoms with van der Waals surface area (Å²) in [6.07, 6.45) is 4.35. The molecule has 0 radical (unpaired) electrons. The lowest BCUT2D eigenvalue weighted by atomic mass is 10.0. The van der Waals surface area contributed by atoms with Crippen molar-refractivity contribution in [1.29, 1.82) is 0 Å². The second-order valence-electron chi connectivity index (χ2n) is 14.8. The molecule has 342 valence electrons. The Morgan fingerprint density at radius 2 is 1.19 bits per heavy atom. The Morgan fingerprint density at radius 1 is 0.677 bits per heavy atom. The first kappa shape index (κ1) is 50.1. The number of hydrogen-bond donors (Lipinski definition) is 3. The summed E-state index contributed by atoms with van der Waals surface area (Å²) in [5.74, 6) is -1.54. The van der Waals surface area contributed by atoms with Crippen LogP contribution >= 0.6 is 0 Å². The Morgan fingerprint density at radius 3 is 1.73 bits per heavy atom. The van der Waals surface area contributed by atoms with Crippen LogP contribution in [0.2, 0.25) is 0 Å². The predicted molar refractivity (Wildman–Crippen MR) is 233 cm³/mol. The lowest BCUT2D eigenvalue weighted by Gasteiger charge is -2.24. The molecule has 0 fully saturated rings. The minimum absolute atomic E-state index is 0.0586. The Balaban J connectivity index is 0.993. The van der Waals surface area contributed by atoms with Crippen LogP contribution in [-0.2, 0) is 52.3 Å². The van der Waals surface area contributed by atoms with Crippen LogP contribution in [0.5, 0.6) is 0 Å². The maximum absolute atomic E-state index is 13.2. The smallest absolute Gasteiger partial charge is 0.260 e. The van der Waals surface area contributed by atoms with E-state index in [9.17, 15) is 19.2 Å². The van der Waals surface area contributed by atoms with Crippen LogP contribution in [0.25, 0.3) is 5.57 Å². The normalized spacial score (nSPS) is 15.4. The fraction of sp³-hybridized carbons (Fsp3) is 0.578. The number of benzene rings is 2. The van der Waals surface area contributed by atoms with Crippen LogP contribution < -0.4 is 16.0 Å². The summed E-state index contributed by atoms with van der Waals surface area (Å²) in [4.78, 5) is 58.3. The number of fused-ring (bicyclic) bond motifs is 2. The van der Waals surface area contributed by atoms with Crippen molar-refractivity contribution in [3.8, 4) is 0 Å². The third-order valence-corrected chi connectivity index (χ3v) is 9.66. The molecule has 0 saturated heterocycles. The number of aliphatic imine (C=N–C) groups is 1. The van der Waals surface area contributed by atoms with Crippen LogP contribution in [0, 0.1) is 5.92 Å². The van der Waals surface area contributed by atoms with Crippen molar-refractivity contribution < 1.29 is 57.1 Å². The molecule has 0 saturated carbocycles. The topological polar surface area (TPSA) is 194 Å². The number of ether oxygens (including phenoxy) is 8. The monoisotopic (exact) mass is 867 g/mol. The zero-order valence-corrected chi connectivity index (χ0v) is 36.6. The number of nitrogens with one attached hydrogen (secondary N) is 3. The van der Waals surface area contributed by atoms with Gasteiger partial charge in [-0.05, 0) is 55.2 Å². The van der Waals surface area contributed by atoms with Gasteiger partial charge in [-0.25, -0.2) is 0 Å². The zero-order chi connectivity index (χ0) is 44.4. The van der Waals surface area contributed by atoms with E-state index in [-0.39, 0.29) is 36.8 Å². The van der Waals surface area contributed by atoms with Gasteiger partial charge in [0.1, 0.15) is 12.1 Å². The maximum Gasteiger partial charge on any atom is 0.260 e. The van der Waals surface area contributed by atoms with Crippen LogP contribution in [-0.4, -0.2) is 159 Å². The van der Waals surface area contributed by atoms with Crippen molar-refractivity contribution in [3.63, 3.8) is 0 Å². The first-order valence-corrected chi connectivity index (χ1v) is 21.5. The first-order chi connectivity index (χ1) is 30.2. The minimum Gasteiger partial charge on any atom is -0.379 e. The number of carbonyl (C=O) groups is 4. The summed E-state index contributed by atoms with van der Waals surface area (Å²) in [6.45, 7) is 14.5. The van der Waals surface area contributed by atoms with E-state index in [1.54, 1.807) is 30.0 Å². The number of hydrogen-bond acceptors (Lipinski definition) is 13. The fourth-order valence-electron chi connectivity index (χ4n) is 6.25. The lowest BCUT2D eigenvalue weighted by molar-refractivity contribution is -0.132. The van der Waals surface area contributed by atoms with Crippen molar-refractivity contribution in [1.82, 2.24) is 15.5 Å². The Hall–Kier alpha value is -4.59. The summed E-state index contributed by atoms with van der Waals surface area (Å²) in [5, 5.41) is 8.32. The van der Waals surface area contributed by atoms with Gasteiger partial charge in [0.15, 0.2) is 0 Å². The van der Waals surface area contributed by atoms with Crippen molar-refractivity contribution in [2.24, 2.45) is 10.9 Å². The second-order valence-corrected chi connectivity index (χ2v) is 14.8. The fourth-order valence-corrected chi connectivity index (χ4v) is 6.25. The summed E-state index contributed by atoms with van der Waals surface area (Å²) in [7, 11) is 0. The van der Waals surface area contributed by atoms with Crippen LogP contribution in [0.1, 0.15) is 56.5 Å². The van der Waals surface area contributed by atoms with E-state index in [4.69, 9.17) is 37.9 Å². The molecule has 2 aliphatic heterocycles. The molecule has 0 unspecified atom stereocenters. The zero-order valence-electron chi connectivity index (χ0n) is 36.6. The van der Waals surface area contributed by atoms with E-state index in [0.29, 0.717) is 122 Å². The van der Waals surface area contributed by atoms with Gasteiger partial charge in [-0.15, -0.1) is 0 Å². The van der Waals surface area contributed by atoms with E-state index in [1.807, 2.05) is 63.5 Å². The van der Waals surface area contributed by atoms with Gasteiger partial charge in [-0.2, -0.15) is 0 Å². The molecular weight excluding hydrogens is 803 g/mol. The SMILES string of the molecule is CCOCCOCCOCCOCCOCCOCCOCCOCCC(=O)N[C@H](C(=O)N[C@@H](C)C(=O)Nc1ccc(C2=CN3C(=O)c4ccccc4N=C[C@@H]3C2)cc1)C(C)C. The molecular formula is C45H65N5O12. The van der Waals surface area contributed by atoms with Crippen molar-refractivity contribution in [2.75, 3.05) is 111 Å². The highest BCUT2D eigenvalue weighted by Gasteiger charge is 2.32. The highest BCUT2D eigenvalue weighted by molar-refractivity contribution is 6.05. The van der Waals surface area contributed by atoms with Crippen LogP contribution in [0.3, 0.4) is 0 Å². The quantitative estimate of drug-likeness (QED) is 0.0903. The van der Waals surface area contributed by atoms with Gasteiger partial charge in [0.25, 0.3) is 5.91 Å². The van der Waals surface area contributed by atoms with Crippen molar-refractivity contribution >= 4 is 46.8 Å². The average Bonchev–Trinajstić information content (AvgIpc) is 3.65. The molecule has 0 bridgehead atoms. The highest BCUT2D eigenvalue weighted by atomic mass is 16.6. The molecule has 0 spiro atoms. The first-order valence-electron chi connectivity index (χ1n) is 21.5. The molecule has 2 aromatic carbocycles. The van der Waals surface area contributed by atoms with E-state index >= 15 is 0 Å². The highest BCUT2D eigenvalue weighted by Crippen LogP contribution is 2.34. The van der Waals surface area contributed by atoms with Gasteiger partial charge in [0.2, 0.25) is 17.7 Å². The van der Waals surface area contributed by atoms with Gasteiger partial charge in [-0.3, -0.25) is 24.2 Å². The Kier molecular flexibility index (Phi) is 23.3. The van der Waals surface area contributed by atoms with Crippen LogP contribution in [0.15, 0.2) is 59.7 Å². The lowest BCUT2D eigenvalue weighted by Crippen LogP contribution is -2.53. The van der Waals surface area contributed by atoms with E-state index in [2.05, 4.69) is 20.9 Å². The molecule has 2 aliphatic rings. The van der Waals surface area contributed by atoms with Gasteiger partial charge in [0, 0.05) is 37.6 Å². The molecule has 0 aliphatic carbocycles. The molecule has 17 nitrogen and oxygen atoms in total. The predicted octanol–water partition coefficient (Wildman–Crippen LogP) is 3.78. The standard InChI is InChI=1S/C45H65N5O12/c1-5-55-16-17-57-20-21-59-24-25-61-28-29-62-27-26-60-23-22-58-19-18-56-15-14-41(51)49-42(33(2)3)44(53)47-34(4)43(52)48-37-12-10-35(11-13-37)36-30-38-31-46-40-9-7-6-8-39(40)45(54)50(38)32-36/h6-13,31-34,38,42H,5,14-30H2,1-4H3,(H,47,53)(H,48,52)(H,49,51)/t34-,38-,42-/m0/s1. The number of carbonyl (C=O) groups excluding carboxylic acids is 4. The molecule has 2 aromatic rings. The summed E-state index contributed by atoms with van der Waals surface area (Å²) >= 11 is 0. The molecule has 3 atom stereocenters. The number of rotatable bonds is 32. The molecule has 17 heteroatoms. The Bertz CT molecular complexity index is 1720. The average molecular weight is 868 g/mol. The number of nitrogens with zero attached hydrogens (tertiary/aromatic N) is 2. The number of amides is 4. The van der Waals surface area contributed by atoms with Gasteiger partial charge < -0.3 is 58.7 Å². The molecule has 4 rings (SSSR count). The van der Waals surface area contributed by atoms with E-state index in [1.165, 1.54) is 0 Å².